The topological polar surface area (TPSA) is 17.1 Å². The summed E-state index contributed by atoms with van der Waals surface area (Å²) in [5.74, 6) is -2.69. The zero-order valence-electron chi connectivity index (χ0n) is 8.14. The Morgan fingerprint density at radius 1 is 1.18 bits per heavy atom. The number of benzene rings is 1. The fraction of sp³-hybridized carbons (Fsp3) is 0. The maximum atomic E-state index is 13.5. The minimum Gasteiger partial charge on any atom is -0.288 e. The summed E-state index contributed by atoms with van der Waals surface area (Å²) in [6.45, 7) is 0. The van der Waals surface area contributed by atoms with Crippen molar-refractivity contribution in [3.63, 3.8) is 0 Å². The van der Waals surface area contributed by atoms with Crippen LogP contribution in [0.5, 0.6) is 0 Å². The molecule has 88 valence electrons. The molecule has 2 rings (SSSR count). The molecule has 0 saturated carbocycles. The van der Waals surface area contributed by atoms with E-state index in [1.54, 1.807) is 6.07 Å². The van der Waals surface area contributed by atoms with Crippen LogP contribution in [0.15, 0.2) is 31.8 Å². The second-order valence-corrected chi connectivity index (χ2v) is 6.92. The van der Waals surface area contributed by atoms with Crippen molar-refractivity contribution in [3.05, 3.63) is 54.6 Å². The van der Waals surface area contributed by atoms with Crippen molar-refractivity contribution in [2.24, 2.45) is 0 Å². The first-order valence-corrected chi connectivity index (χ1v) is 6.84. The number of thiophene rings is 1. The van der Waals surface area contributed by atoms with Crippen LogP contribution >= 0.6 is 43.2 Å². The predicted molar refractivity (Wildman–Crippen MR) is 69.5 cm³/mol. The lowest BCUT2D eigenvalue weighted by atomic mass is 10.1. The lowest BCUT2D eigenvalue weighted by Crippen LogP contribution is -2.05. The van der Waals surface area contributed by atoms with Crippen molar-refractivity contribution >= 4 is 49.0 Å². The van der Waals surface area contributed by atoms with Gasteiger partial charge < -0.3 is 0 Å². The van der Waals surface area contributed by atoms with E-state index in [1.165, 1.54) is 23.5 Å². The monoisotopic (exact) mass is 380 g/mol. The van der Waals surface area contributed by atoms with Crippen molar-refractivity contribution in [2.75, 3.05) is 0 Å². The first kappa shape index (κ1) is 12.9. The Hall–Kier alpha value is -0.590. The summed E-state index contributed by atoms with van der Waals surface area (Å²) in [4.78, 5) is 12.0. The number of ketones is 1. The van der Waals surface area contributed by atoms with Gasteiger partial charge in [0.05, 0.1) is 13.1 Å². The van der Waals surface area contributed by atoms with Crippen LogP contribution in [-0.4, -0.2) is 5.78 Å². The third-order valence-electron chi connectivity index (χ3n) is 2.10. The molecule has 0 aliphatic carbocycles. The third-order valence-corrected chi connectivity index (χ3v) is 4.44. The molecule has 0 radical (unpaired) electrons. The summed E-state index contributed by atoms with van der Waals surface area (Å²) in [6.07, 6.45) is 0. The van der Waals surface area contributed by atoms with Gasteiger partial charge in [-0.3, -0.25) is 4.79 Å². The normalized spacial score (nSPS) is 10.6. The van der Waals surface area contributed by atoms with Crippen LogP contribution in [0.4, 0.5) is 8.78 Å². The van der Waals surface area contributed by atoms with E-state index in [4.69, 9.17) is 0 Å². The number of rotatable bonds is 2. The van der Waals surface area contributed by atoms with Gasteiger partial charge in [0, 0.05) is 5.56 Å². The molecule has 1 heterocycles. The van der Waals surface area contributed by atoms with E-state index in [0.717, 1.165) is 9.85 Å². The number of carbonyl (C=O) groups excluding carboxylic acids is 1. The maximum absolute atomic E-state index is 13.5. The number of halogens is 4. The Balaban J connectivity index is 2.51. The SMILES string of the molecule is O=C(c1cc(Br)sc1Br)c1cccc(F)c1F. The van der Waals surface area contributed by atoms with Crippen molar-refractivity contribution in [2.45, 2.75) is 0 Å². The van der Waals surface area contributed by atoms with Gasteiger partial charge >= 0.3 is 0 Å². The summed E-state index contributed by atoms with van der Waals surface area (Å²) < 4.78 is 27.8. The minimum atomic E-state index is -1.12. The fourth-order valence-corrected chi connectivity index (χ4v) is 4.11. The van der Waals surface area contributed by atoms with Crippen LogP contribution in [0, 0.1) is 11.6 Å². The highest BCUT2D eigenvalue weighted by Crippen LogP contribution is 2.33. The van der Waals surface area contributed by atoms with E-state index in [2.05, 4.69) is 31.9 Å². The molecule has 6 heteroatoms. The van der Waals surface area contributed by atoms with Crippen LogP contribution in [0.25, 0.3) is 0 Å². The lowest BCUT2D eigenvalue weighted by Gasteiger charge is -2.01. The molecule has 0 unspecified atom stereocenters. The van der Waals surface area contributed by atoms with Gasteiger partial charge in [-0.15, -0.1) is 11.3 Å². The van der Waals surface area contributed by atoms with Gasteiger partial charge in [-0.25, -0.2) is 8.78 Å². The third kappa shape index (κ3) is 2.48. The van der Waals surface area contributed by atoms with Crippen molar-refractivity contribution in [1.29, 1.82) is 0 Å². The molecular weight excluding hydrogens is 378 g/mol. The summed E-state index contributed by atoms with van der Waals surface area (Å²) in [7, 11) is 0. The zero-order valence-corrected chi connectivity index (χ0v) is 12.1. The molecule has 0 amide bonds. The first-order chi connectivity index (χ1) is 8.00. The minimum absolute atomic E-state index is 0.268. The van der Waals surface area contributed by atoms with Gasteiger partial charge in [-0.2, -0.15) is 0 Å². The van der Waals surface area contributed by atoms with Gasteiger partial charge in [0.2, 0.25) is 0 Å². The van der Waals surface area contributed by atoms with E-state index in [-0.39, 0.29) is 5.56 Å². The van der Waals surface area contributed by atoms with Gasteiger partial charge in [0.15, 0.2) is 17.4 Å². The molecular formula is C11H4Br2F2OS. The van der Waals surface area contributed by atoms with Crippen molar-refractivity contribution in [1.82, 2.24) is 0 Å². The number of hydrogen-bond acceptors (Lipinski definition) is 2. The molecule has 0 fully saturated rings. The Kier molecular flexibility index (Phi) is 3.75. The maximum Gasteiger partial charge on any atom is 0.198 e. The first-order valence-electron chi connectivity index (χ1n) is 4.44. The smallest absolute Gasteiger partial charge is 0.198 e. The van der Waals surface area contributed by atoms with E-state index in [9.17, 15) is 13.6 Å². The molecule has 0 saturated heterocycles. The highest BCUT2D eigenvalue weighted by atomic mass is 79.9. The molecule has 1 aromatic heterocycles. The molecule has 1 aromatic carbocycles. The number of hydrogen-bond donors (Lipinski definition) is 0. The Labute approximate surface area is 117 Å². The van der Waals surface area contributed by atoms with E-state index in [0.29, 0.717) is 9.35 Å². The summed E-state index contributed by atoms with van der Waals surface area (Å²) in [5.41, 5.74) is 0.0439. The van der Waals surface area contributed by atoms with Gasteiger partial charge in [0.25, 0.3) is 0 Å². The largest absolute Gasteiger partial charge is 0.288 e. The molecule has 0 bridgehead atoms. The lowest BCUT2D eigenvalue weighted by molar-refractivity contribution is 0.103. The average Bonchev–Trinajstić information content (AvgIpc) is 2.61. The summed E-state index contributed by atoms with van der Waals surface area (Å²) >= 11 is 7.73. The average molecular weight is 382 g/mol. The van der Waals surface area contributed by atoms with Crippen LogP contribution in [0.3, 0.4) is 0 Å². The second-order valence-electron chi connectivity index (χ2n) is 3.17. The standard InChI is InChI=1S/C11H4Br2F2OS/c12-8-4-6(11(13)17-8)10(16)5-2-1-3-7(14)9(5)15/h1-4H. The van der Waals surface area contributed by atoms with Gasteiger partial charge in [0.1, 0.15) is 0 Å². The second kappa shape index (κ2) is 4.96. The molecule has 0 spiro atoms. The molecule has 17 heavy (non-hydrogen) atoms. The zero-order chi connectivity index (χ0) is 12.6. The van der Waals surface area contributed by atoms with E-state index in [1.807, 2.05) is 0 Å². The van der Waals surface area contributed by atoms with Crippen LogP contribution < -0.4 is 0 Å². The van der Waals surface area contributed by atoms with Gasteiger partial charge in [-0.05, 0) is 50.1 Å². The van der Waals surface area contributed by atoms with Crippen LogP contribution in [-0.2, 0) is 0 Å². The van der Waals surface area contributed by atoms with E-state index >= 15 is 0 Å². The molecule has 1 nitrogen and oxygen atoms in total. The molecule has 2 aromatic rings. The predicted octanol–water partition coefficient (Wildman–Crippen LogP) is 4.78. The summed E-state index contributed by atoms with van der Waals surface area (Å²) in [6, 6.07) is 5.12. The molecule has 0 N–H and O–H groups in total. The summed E-state index contributed by atoms with van der Waals surface area (Å²) in [5, 5.41) is 0. The molecule has 0 aliphatic heterocycles. The van der Waals surface area contributed by atoms with Crippen LogP contribution in [0.1, 0.15) is 15.9 Å². The fourth-order valence-electron chi connectivity index (χ4n) is 1.32. The Bertz CT molecular complexity index is 595. The molecule has 0 atom stereocenters. The highest BCUT2D eigenvalue weighted by molar-refractivity contribution is 9.12. The Morgan fingerprint density at radius 2 is 1.88 bits per heavy atom. The van der Waals surface area contributed by atoms with Crippen molar-refractivity contribution < 1.29 is 13.6 Å². The van der Waals surface area contributed by atoms with Gasteiger partial charge in [-0.1, -0.05) is 6.07 Å². The molecule has 0 aliphatic rings. The van der Waals surface area contributed by atoms with Crippen LogP contribution in [0.2, 0.25) is 0 Å². The van der Waals surface area contributed by atoms with Crippen molar-refractivity contribution in [3.8, 4) is 0 Å². The van der Waals surface area contributed by atoms with E-state index < -0.39 is 17.4 Å². The Morgan fingerprint density at radius 3 is 2.47 bits per heavy atom. The quantitative estimate of drug-likeness (QED) is 0.684. The highest BCUT2D eigenvalue weighted by Gasteiger charge is 2.20. The number of carbonyl (C=O) groups is 1.